The summed E-state index contributed by atoms with van der Waals surface area (Å²) in [5.41, 5.74) is 6.76. The highest BCUT2D eigenvalue weighted by molar-refractivity contribution is 5.66. The summed E-state index contributed by atoms with van der Waals surface area (Å²) in [5.74, 6) is 0.534. The molecular weight excluding hydrogens is 397 g/mol. The van der Waals surface area contributed by atoms with Crippen molar-refractivity contribution in [3.8, 4) is 17.1 Å². The number of aromatic nitrogens is 4. The Balaban J connectivity index is 1.76. The van der Waals surface area contributed by atoms with Gasteiger partial charge in [-0.15, -0.1) is 0 Å². The van der Waals surface area contributed by atoms with Crippen molar-refractivity contribution in [2.24, 2.45) is 11.7 Å². The lowest BCUT2D eigenvalue weighted by molar-refractivity contribution is -0.137. The molecule has 0 bridgehead atoms. The molecule has 1 aliphatic rings. The smallest absolute Gasteiger partial charge is 0.419 e. The van der Waals surface area contributed by atoms with Crippen molar-refractivity contribution in [3.63, 3.8) is 0 Å². The third-order valence-electron chi connectivity index (χ3n) is 5.44. The predicted molar refractivity (Wildman–Crippen MR) is 107 cm³/mol. The molecule has 0 aliphatic carbocycles. The fourth-order valence-corrected chi connectivity index (χ4v) is 3.81. The summed E-state index contributed by atoms with van der Waals surface area (Å²) < 4.78 is 48.7. The summed E-state index contributed by atoms with van der Waals surface area (Å²) in [6.45, 7) is 3.38. The molecule has 160 valence electrons. The number of aryl methyl sites for hydroxylation is 1. The quantitative estimate of drug-likeness (QED) is 0.698. The molecule has 4 heterocycles. The maximum atomic E-state index is 13.9. The number of anilines is 1. The number of hydrogen-bond donors (Lipinski definition) is 1. The van der Waals surface area contributed by atoms with Gasteiger partial charge >= 0.3 is 6.18 Å². The Morgan fingerprint density at radius 1 is 1.20 bits per heavy atom. The summed E-state index contributed by atoms with van der Waals surface area (Å²) >= 11 is 0. The van der Waals surface area contributed by atoms with E-state index in [1.807, 2.05) is 6.92 Å². The van der Waals surface area contributed by atoms with Crippen LogP contribution in [0.3, 0.4) is 0 Å². The van der Waals surface area contributed by atoms with Crippen LogP contribution >= 0.6 is 0 Å². The molecule has 0 spiro atoms. The van der Waals surface area contributed by atoms with Crippen LogP contribution in [0.25, 0.3) is 16.9 Å². The predicted octanol–water partition coefficient (Wildman–Crippen LogP) is 3.30. The molecule has 10 heteroatoms. The lowest BCUT2D eigenvalue weighted by Crippen LogP contribution is -2.37. The van der Waals surface area contributed by atoms with Gasteiger partial charge in [-0.1, -0.05) is 0 Å². The number of imidazole rings is 1. The van der Waals surface area contributed by atoms with E-state index in [1.165, 1.54) is 13.3 Å². The number of hydrogen-bond acceptors (Lipinski definition) is 6. The molecule has 0 unspecified atom stereocenters. The van der Waals surface area contributed by atoms with Crippen molar-refractivity contribution in [1.29, 1.82) is 0 Å². The topological polar surface area (TPSA) is 81.6 Å². The SMILES string of the molecule is COc1nc(-c2cnc(N3CCC(CN)CC3)c(C(F)(F)F)c2)cn2cc(C)nc12. The average molecular weight is 420 g/mol. The monoisotopic (exact) mass is 420 g/mol. The Labute approximate surface area is 171 Å². The lowest BCUT2D eigenvalue weighted by atomic mass is 9.96. The first-order valence-electron chi connectivity index (χ1n) is 9.73. The number of rotatable bonds is 4. The van der Waals surface area contributed by atoms with Gasteiger partial charge < -0.3 is 19.8 Å². The number of nitrogens with zero attached hydrogens (tertiary/aromatic N) is 5. The van der Waals surface area contributed by atoms with Crippen LogP contribution in [0.15, 0.2) is 24.7 Å². The van der Waals surface area contributed by atoms with E-state index in [-0.39, 0.29) is 17.3 Å². The second kappa shape index (κ2) is 7.75. The zero-order valence-electron chi connectivity index (χ0n) is 16.8. The van der Waals surface area contributed by atoms with Crippen molar-refractivity contribution >= 4 is 11.5 Å². The van der Waals surface area contributed by atoms with Crippen LogP contribution in [0.2, 0.25) is 0 Å². The van der Waals surface area contributed by atoms with E-state index in [0.717, 1.165) is 24.6 Å². The molecule has 30 heavy (non-hydrogen) atoms. The van der Waals surface area contributed by atoms with E-state index < -0.39 is 11.7 Å². The third kappa shape index (κ3) is 3.79. The molecule has 1 aliphatic heterocycles. The van der Waals surface area contributed by atoms with Gasteiger partial charge in [0, 0.05) is 37.2 Å². The molecular formula is C20H23F3N6O. The van der Waals surface area contributed by atoms with Crippen molar-refractivity contribution in [2.45, 2.75) is 25.9 Å². The summed E-state index contributed by atoms with van der Waals surface area (Å²) in [7, 11) is 1.45. The first kappa shape index (κ1) is 20.4. The zero-order chi connectivity index (χ0) is 21.5. The fraction of sp³-hybridized carbons (Fsp3) is 0.450. The Kier molecular flexibility index (Phi) is 5.27. The van der Waals surface area contributed by atoms with E-state index in [9.17, 15) is 13.2 Å². The Morgan fingerprint density at radius 2 is 1.93 bits per heavy atom. The summed E-state index contributed by atoms with van der Waals surface area (Å²) in [6, 6.07) is 1.11. The molecule has 1 fully saturated rings. The van der Waals surface area contributed by atoms with Crippen LogP contribution < -0.4 is 15.4 Å². The van der Waals surface area contributed by atoms with Crippen LogP contribution in [-0.4, -0.2) is 46.1 Å². The van der Waals surface area contributed by atoms with Crippen molar-refractivity contribution in [1.82, 2.24) is 19.4 Å². The van der Waals surface area contributed by atoms with Crippen LogP contribution in [0.5, 0.6) is 5.88 Å². The van der Waals surface area contributed by atoms with Crippen molar-refractivity contribution in [3.05, 3.63) is 35.9 Å². The van der Waals surface area contributed by atoms with Gasteiger partial charge in [-0.2, -0.15) is 13.2 Å². The van der Waals surface area contributed by atoms with E-state index in [1.54, 1.807) is 21.7 Å². The number of piperidine rings is 1. The average Bonchev–Trinajstić information content (AvgIpc) is 3.12. The van der Waals surface area contributed by atoms with E-state index in [4.69, 9.17) is 10.5 Å². The standard InChI is InChI=1S/C20H23F3N6O/c1-12-10-29-11-16(27-19(30-2)18(29)26-12)14-7-15(20(21,22)23)17(25-9-14)28-5-3-13(8-24)4-6-28/h7,9-11,13H,3-6,8,24H2,1-2H3. The van der Waals surface area contributed by atoms with Crippen LogP contribution in [0, 0.1) is 12.8 Å². The van der Waals surface area contributed by atoms with Gasteiger partial charge in [-0.05, 0) is 38.3 Å². The van der Waals surface area contributed by atoms with Gasteiger partial charge in [0.2, 0.25) is 5.65 Å². The zero-order valence-corrected chi connectivity index (χ0v) is 16.8. The van der Waals surface area contributed by atoms with Gasteiger partial charge in [0.25, 0.3) is 5.88 Å². The normalized spacial score (nSPS) is 15.7. The van der Waals surface area contributed by atoms with E-state index in [0.29, 0.717) is 36.9 Å². The molecule has 3 aromatic heterocycles. The number of halogens is 3. The number of pyridine rings is 1. The summed E-state index contributed by atoms with van der Waals surface area (Å²) in [4.78, 5) is 14.6. The lowest BCUT2D eigenvalue weighted by Gasteiger charge is -2.33. The highest BCUT2D eigenvalue weighted by Gasteiger charge is 2.37. The fourth-order valence-electron chi connectivity index (χ4n) is 3.81. The number of methoxy groups -OCH3 is 1. The van der Waals surface area contributed by atoms with Gasteiger partial charge in [-0.25, -0.2) is 15.0 Å². The second-order valence-corrected chi connectivity index (χ2v) is 7.51. The summed E-state index contributed by atoms with van der Waals surface area (Å²) in [6.07, 6.45) is 1.79. The minimum atomic E-state index is -4.54. The molecule has 4 rings (SSSR count). The first-order chi connectivity index (χ1) is 14.3. The van der Waals surface area contributed by atoms with Crippen molar-refractivity contribution in [2.75, 3.05) is 31.6 Å². The maximum Gasteiger partial charge on any atom is 0.419 e. The minimum Gasteiger partial charge on any atom is -0.478 e. The molecule has 0 radical (unpaired) electrons. The molecule has 3 aromatic rings. The van der Waals surface area contributed by atoms with E-state index in [2.05, 4.69) is 15.0 Å². The number of ether oxygens (including phenoxy) is 1. The van der Waals surface area contributed by atoms with Gasteiger partial charge in [0.05, 0.1) is 24.1 Å². The molecule has 0 amide bonds. The highest BCUT2D eigenvalue weighted by atomic mass is 19.4. The third-order valence-corrected chi connectivity index (χ3v) is 5.44. The van der Waals surface area contributed by atoms with Crippen LogP contribution in [0.4, 0.5) is 19.0 Å². The summed E-state index contributed by atoms with van der Waals surface area (Å²) in [5, 5.41) is 0. The second-order valence-electron chi connectivity index (χ2n) is 7.51. The first-order valence-corrected chi connectivity index (χ1v) is 9.73. The Morgan fingerprint density at radius 3 is 2.57 bits per heavy atom. The van der Waals surface area contributed by atoms with Gasteiger partial charge in [0.15, 0.2) is 0 Å². The Bertz CT molecular complexity index is 1060. The van der Waals surface area contributed by atoms with E-state index >= 15 is 0 Å². The Hall–Kier alpha value is -2.88. The molecule has 1 saturated heterocycles. The maximum absolute atomic E-state index is 13.9. The molecule has 2 N–H and O–H groups in total. The van der Waals surface area contributed by atoms with Crippen LogP contribution in [0.1, 0.15) is 24.1 Å². The number of fused-ring (bicyclic) bond motifs is 1. The van der Waals surface area contributed by atoms with Gasteiger partial charge in [-0.3, -0.25) is 0 Å². The molecule has 0 aromatic carbocycles. The molecule has 0 atom stereocenters. The largest absolute Gasteiger partial charge is 0.478 e. The number of nitrogens with two attached hydrogens (primary N) is 1. The highest BCUT2D eigenvalue weighted by Crippen LogP contribution is 2.39. The van der Waals surface area contributed by atoms with Gasteiger partial charge in [0.1, 0.15) is 5.82 Å². The molecule has 7 nitrogen and oxygen atoms in total. The van der Waals surface area contributed by atoms with Crippen LogP contribution in [-0.2, 0) is 6.18 Å². The number of alkyl halides is 3. The minimum absolute atomic E-state index is 0.0479. The molecule has 0 saturated carbocycles. The van der Waals surface area contributed by atoms with Crippen molar-refractivity contribution < 1.29 is 17.9 Å².